The van der Waals surface area contributed by atoms with Gasteiger partial charge in [-0.3, -0.25) is 4.79 Å². The van der Waals surface area contributed by atoms with Crippen LogP contribution in [-0.4, -0.2) is 37.6 Å². The van der Waals surface area contributed by atoms with Gasteiger partial charge in [-0.25, -0.2) is 0 Å². The second kappa shape index (κ2) is 5.95. The molecule has 2 rings (SSSR count). The van der Waals surface area contributed by atoms with Crippen LogP contribution in [0.4, 0.5) is 0 Å². The van der Waals surface area contributed by atoms with Crippen molar-refractivity contribution in [3.8, 4) is 17.2 Å². The van der Waals surface area contributed by atoms with E-state index in [0.717, 1.165) is 18.6 Å². The Morgan fingerprint density at radius 3 is 2.20 bits per heavy atom. The lowest BCUT2D eigenvalue weighted by Gasteiger charge is -2.23. The molecule has 0 N–H and O–H groups in total. The molecule has 1 aliphatic rings. The first-order valence-corrected chi connectivity index (χ1v) is 7.53. The molecule has 1 fully saturated rings. The van der Waals surface area contributed by atoms with Gasteiger partial charge in [-0.1, -0.05) is 0 Å². The Kier molecular flexibility index (Phi) is 4.48. The Hall–Kier alpha value is -1.36. The summed E-state index contributed by atoms with van der Waals surface area (Å²) < 4.78 is 15.5. The summed E-state index contributed by atoms with van der Waals surface area (Å²) in [4.78, 5) is 12.8. The average molecular weight is 296 g/mol. The first-order chi connectivity index (χ1) is 9.55. The Labute approximate surface area is 123 Å². The number of ketones is 1. The molecule has 0 radical (unpaired) electrons. The van der Waals surface area contributed by atoms with Crippen LogP contribution in [-0.2, 0) is 0 Å². The molecule has 0 aromatic heterocycles. The van der Waals surface area contributed by atoms with Gasteiger partial charge in [-0.05, 0) is 31.6 Å². The minimum Gasteiger partial charge on any atom is -0.496 e. The smallest absolute Gasteiger partial charge is 0.182 e. The molecular weight excluding hydrogens is 276 g/mol. The Balaban J connectivity index is 2.46. The van der Waals surface area contributed by atoms with Gasteiger partial charge in [0.05, 0.1) is 31.6 Å². The molecule has 5 heteroatoms. The molecule has 4 nitrogen and oxygen atoms in total. The number of hydrogen-bond acceptors (Lipinski definition) is 5. The van der Waals surface area contributed by atoms with E-state index in [2.05, 4.69) is 0 Å². The van der Waals surface area contributed by atoms with E-state index >= 15 is 0 Å². The van der Waals surface area contributed by atoms with Gasteiger partial charge in [-0.2, -0.15) is 0 Å². The number of Topliss-reactive ketones (excluding diaryl/α,β-unsaturated/α-hetero) is 1. The summed E-state index contributed by atoms with van der Waals surface area (Å²) >= 11 is 1.71. The average Bonchev–Trinajstić information content (AvgIpc) is 2.93. The zero-order valence-corrected chi connectivity index (χ0v) is 13.1. The Morgan fingerprint density at radius 1 is 1.10 bits per heavy atom. The molecule has 0 aliphatic carbocycles. The maximum Gasteiger partial charge on any atom is 0.182 e. The lowest BCUT2D eigenvalue weighted by Crippen LogP contribution is -2.29. The summed E-state index contributed by atoms with van der Waals surface area (Å²) in [7, 11) is 4.68. The second-order valence-corrected chi connectivity index (χ2v) is 6.52. The third-order valence-corrected chi connectivity index (χ3v) is 5.17. The van der Waals surface area contributed by atoms with Gasteiger partial charge in [0.1, 0.15) is 5.75 Å². The van der Waals surface area contributed by atoms with Crippen LogP contribution in [0.2, 0.25) is 0 Å². The summed E-state index contributed by atoms with van der Waals surface area (Å²) in [6.45, 7) is 2.00. The van der Waals surface area contributed by atoms with E-state index in [1.807, 2.05) is 6.92 Å². The highest BCUT2D eigenvalue weighted by atomic mass is 32.2. The predicted molar refractivity (Wildman–Crippen MR) is 80.5 cm³/mol. The summed E-state index contributed by atoms with van der Waals surface area (Å²) in [5.74, 6) is 2.75. The molecule has 110 valence electrons. The van der Waals surface area contributed by atoms with E-state index in [9.17, 15) is 4.79 Å². The number of ether oxygens (including phenoxy) is 3. The number of thioether (sulfide) groups is 1. The fraction of sp³-hybridized carbons (Fsp3) is 0.533. The molecule has 20 heavy (non-hydrogen) atoms. The van der Waals surface area contributed by atoms with Crippen molar-refractivity contribution in [1.29, 1.82) is 0 Å². The SMILES string of the molecule is COc1cc(OC)c(C(=O)C2(C)CCCS2)cc1OC. The molecule has 0 bridgehead atoms. The van der Waals surface area contributed by atoms with E-state index < -0.39 is 0 Å². The normalized spacial score (nSPS) is 21.6. The lowest BCUT2D eigenvalue weighted by atomic mass is 9.93. The van der Waals surface area contributed by atoms with E-state index in [-0.39, 0.29) is 10.5 Å². The molecule has 0 spiro atoms. The van der Waals surface area contributed by atoms with Crippen molar-refractivity contribution >= 4 is 17.5 Å². The van der Waals surface area contributed by atoms with E-state index in [1.54, 1.807) is 45.2 Å². The minimum absolute atomic E-state index is 0.0952. The third kappa shape index (κ3) is 2.59. The molecule has 1 unspecified atom stereocenters. The number of benzene rings is 1. The fourth-order valence-electron chi connectivity index (χ4n) is 2.45. The number of hydrogen-bond donors (Lipinski definition) is 0. The topological polar surface area (TPSA) is 44.8 Å². The highest BCUT2D eigenvalue weighted by Crippen LogP contribution is 2.43. The van der Waals surface area contributed by atoms with Gasteiger partial charge in [0.25, 0.3) is 0 Å². The zero-order valence-electron chi connectivity index (χ0n) is 12.3. The summed E-state index contributed by atoms with van der Waals surface area (Å²) in [6, 6.07) is 3.42. The van der Waals surface area contributed by atoms with Crippen LogP contribution >= 0.6 is 11.8 Å². The predicted octanol–water partition coefficient (Wildman–Crippen LogP) is 3.18. The summed E-state index contributed by atoms with van der Waals surface area (Å²) in [5, 5.41) is 0. The van der Waals surface area contributed by atoms with E-state index in [1.165, 1.54) is 0 Å². The van der Waals surface area contributed by atoms with Crippen LogP contribution < -0.4 is 14.2 Å². The lowest BCUT2D eigenvalue weighted by molar-refractivity contribution is 0.0945. The van der Waals surface area contributed by atoms with Crippen molar-refractivity contribution in [3.63, 3.8) is 0 Å². The molecular formula is C15H20O4S. The highest BCUT2D eigenvalue weighted by molar-refractivity contribution is 8.01. The maximum absolute atomic E-state index is 12.8. The van der Waals surface area contributed by atoms with Gasteiger partial charge in [0.2, 0.25) is 0 Å². The minimum atomic E-state index is -0.368. The van der Waals surface area contributed by atoms with Crippen LogP contribution in [0.25, 0.3) is 0 Å². The number of rotatable bonds is 5. The van der Waals surface area contributed by atoms with Gasteiger partial charge >= 0.3 is 0 Å². The molecule has 0 saturated carbocycles. The van der Waals surface area contributed by atoms with Crippen LogP contribution in [0.15, 0.2) is 12.1 Å². The molecule has 1 saturated heterocycles. The largest absolute Gasteiger partial charge is 0.496 e. The van der Waals surface area contributed by atoms with Crippen LogP contribution in [0, 0.1) is 0 Å². The van der Waals surface area contributed by atoms with Gasteiger partial charge < -0.3 is 14.2 Å². The van der Waals surface area contributed by atoms with Gasteiger partial charge in [0, 0.05) is 6.07 Å². The van der Waals surface area contributed by atoms with Crippen molar-refractivity contribution in [2.75, 3.05) is 27.1 Å². The first kappa shape index (κ1) is 15.0. The second-order valence-electron chi connectivity index (χ2n) is 4.92. The Bertz CT molecular complexity index is 507. The van der Waals surface area contributed by atoms with E-state index in [4.69, 9.17) is 14.2 Å². The third-order valence-electron chi connectivity index (χ3n) is 3.65. The van der Waals surface area contributed by atoms with Crippen molar-refractivity contribution in [1.82, 2.24) is 0 Å². The summed E-state index contributed by atoms with van der Waals surface area (Å²) in [5.41, 5.74) is 0.557. The van der Waals surface area contributed by atoms with Crippen LogP contribution in [0.3, 0.4) is 0 Å². The van der Waals surface area contributed by atoms with Crippen molar-refractivity contribution in [3.05, 3.63) is 17.7 Å². The molecule has 1 atom stereocenters. The quantitative estimate of drug-likeness (QED) is 0.781. The van der Waals surface area contributed by atoms with Crippen molar-refractivity contribution < 1.29 is 19.0 Å². The van der Waals surface area contributed by atoms with Gasteiger partial charge in [-0.15, -0.1) is 11.8 Å². The first-order valence-electron chi connectivity index (χ1n) is 6.54. The highest BCUT2D eigenvalue weighted by Gasteiger charge is 2.39. The molecule has 0 amide bonds. The van der Waals surface area contributed by atoms with Crippen LogP contribution in [0.1, 0.15) is 30.1 Å². The van der Waals surface area contributed by atoms with Crippen LogP contribution in [0.5, 0.6) is 17.2 Å². The Morgan fingerprint density at radius 2 is 1.70 bits per heavy atom. The molecule has 1 aromatic rings. The summed E-state index contributed by atoms with van der Waals surface area (Å²) in [6.07, 6.45) is 1.97. The van der Waals surface area contributed by atoms with Gasteiger partial charge in [0.15, 0.2) is 17.3 Å². The maximum atomic E-state index is 12.8. The molecule has 1 aromatic carbocycles. The van der Waals surface area contributed by atoms with E-state index in [0.29, 0.717) is 22.8 Å². The zero-order chi connectivity index (χ0) is 14.8. The molecule has 1 aliphatic heterocycles. The standard InChI is InChI=1S/C15H20O4S/c1-15(6-5-7-20-15)14(16)10-8-12(18-3)13(19-4)9-11(10)17-2/h8-9H,5-7H2,1-4H3. The van der Waals surface area contributed by atoms with Crippen molar-refractivity contribution in [2.24, 2.45) is 0 Å². The fourth-order valence-corrected chi connectivity index (χ4v) is 3.72. The van der Waals surface area contributed by atoms with Crippen molar-refractivity contribution in [2.45, 2.75) is 24.5 Å². The number of methoxy groups -OCH3 is 3. The molecule has 1 heterocycles. The number of carbonyl (C=O) groups excluding carboxylic acids is 1. The number of carbonyl (C=O) groups is 1. The monoisotopic (exact) mass is 296 g/mol.